The second-order valence-corrected chi connectivity index (χ2v) is 11.5. The number of carbonyl (C=O) groups is 1. The standard InChI is InChI=1S/C24H34N4O5S/c1-25-21-13-12-19(34(32,33)26(2)18-10-6-5-7-11-18)16-20(21)23(30)28(24(25)31)17-22(29)27-14-8-3-4-9-15-27/h12-13,16,18H,3-11,14-15,17H2,1-2H3. The van der Waals surface area contributed by atoms with Crippen LogP contribution in [0.1, 0.15) is 57.8 Å². The molecular formula is C24H34N4O5S. The van der Waals surface area contributed by atoms with Crippen LogP contribution in [-0.2, 0) is 28.4 Å². The second kappa shape index (κ2) is 10.0. The molecule has 34 heavy (non-hydrogen) atoms. The highest BCUT2D eigenvalue weighted by atomic mass is 32.2. The Morgan fingerprint density at radius 3 is 2.26 bits per heavy atom. The van der Waals surface area contributed by atoms with Crippen LogP contribution in [0.25, 0.3) is 10.9 Å². The van der Waals surface area contributed by atoms with Gasteiger partial charge in [-0.3, -0.25) is 18.7 Å². The van der Waals surface area contributed by atoms with E-state index in [1.54, 1.807) is 11.9 Å². The van der Waals surface area contributed by atoms with Crippen molar-refractivity contribution >= 4 is 26.8 Å². The van der Waals surface area contributed by atoms with Gasteiger partial charge in [-0.05, 0) is 43.9 Å². The Morgan fingerprint density at radius 2 is 1.62 bits per heavy atom. The monoisotopic (exact) mass is 490 g/mol. The fourth-order valence-corrected chi connectivity index (χ4v) is 6.60. The van der Waals surface area contributed by atoms with Crippen LogP contribution in [0, 0.1) is 0 Å². The van der Waals surface area contributed by atoms with Crippen LogP contribution in [0.3, 0.4) is 0 Å². The minimum Gasteiger partial charge on any atom is -0.341 e. The highest BCUT2D eigenvalue weighted by Gasteiger charge is 2.30. The van der Waals surface area contributed by atoms with Crippen LogP contribution in [0.2, 0.25) is 0 Å². The zero-order valence-corrected chi connectivity index (χ0v) is 20.8. The van der Waals surface area contributed by atoms with Crippen molar-refractivity contribution in [3.8, 4) is 0 Å². The molecule has 1 saturated heterocycles. The van der Waals surface area contributed by atoms with Gasteiger partial charge in [0.2, 0.25) is 15.9 Å². The number of fused-ring (bicyclic) bond motifs is 1. The summed E-state index contributed by atoms with van der Waals surface area (Å²) in [7, 11) is -0.685. The first-order valence-corrected chi connectivity index (χ1v) is 13.6. The number of nitrogens with zero attached hydrogens (tertiary/aromatic N) is 4. The molecule has 4 rings (SSSR count). The molecule has 1 aliphatic carbocycles. The van der Waals surface area contributed by atoms with E-state index in [9.17, 15) is 22.8 Å². The van der Waals surface area contributed by atoms with Gasteiger partial charge in [-0.1, -0.05) is 32.1 Å². The lowest BCUT2D eigenvalue weighted by molar-refractivity contribution is -0.131. The van der Waals surface area contributed by atoms with E-state index in [0.29, 0.717) is 18.6 Å². The van der Waals surface area contributed by atoms with Crippen LogP contribution < -0.4 is 11.2 Å². The SMILES string of the molecule is CN(C1CCCCC1)S(=O)(=O)c1ccc2c(c1)c(=O)n(CC(=O)N1CCCCCC1)c(=O)n2C. The molecule has 1 aromatic carbocycles. The maximum Gasteiger partial charge on any atom is 0.331 e. The predicted octanol–water partition coefficient (Wildman–Crippen LogP) is 2.06. The first-order valence-electron chi connectivity index (χ1n) is 12.2. The number of aryl methyl sites for hydroxylation is 1. The van der Waals surface area contributed by atoms with Crippen LogP contribution >= 0.6 is 0 Å². The Hall–Kier alpha value is -2.46. The van der Waals surface area contributed by atoms with Crippen molar-refractivity contribution < 1.29 is 13.2 Å². The summed E-state index contributed by atoms with van der Waals surface area (Å²) < 4.78 is 30.3. The lowest BCUT2D eigenvalue weighted by Gasteiger charge is -2.30. The smallest absolute Gasteiger partial charge is 0.331 e. The minimum atomic E-state index is -3.80. The van der Waals surface area contributed by atoms with Gasteiger partial charge in [0.25, 0.3) is 5.56 Å². The van der Waals surface area contributed by atoms with Crippen molar-refractivity contribution in [2.75, 3.05) is 20.1 Å². The number of hydrogen-bond donors (Lipinski definition) is 0. The lowest BCUT2D eigenvalue weighted by Crippen LogP contribution is -2.44. The summed E-state index contributed by atoms with van der Waals surface area (Å²) >= 11 is 0. The molecule has 186 valence electrons. The fourth-order valence-electron chi connectivity index (χ4n) is 5.16. The molecule has 0 unspecified atom stereocenters. The van der Waals surface area contributed by atoms with Crippen LogP contribution in [0.4, 0.5) is 0 Å². The van der Waals surface area contributed by atoms with Gasteiger partial charge in [0, 0.05) is 33.2 Å². The van der Waals surface area contributed by atoms with Gasteiger partial charge in [-0.2, -0.15) is 4.31 Å². The molecule has 1 aromatic heterocycles. The molecule has 9 nitrogen and oxygen atoms in total. The summed E-state index contributed by atoms with van der Waals surface area (Å²) in [4.78, 5) is 40.8. The van der Waals surface area contributed by atoms with Gasteiger partial charge in [0.15, 0.2) is 0 Å². The van der Waals surface area contributed by atoms with Crippen molar-refractivity contribution in [2.24, 2.45) is 7.05 Å². The molecule has 0 spiro atoms. The number of sulfonamides is 1. The normalized spacial score (nSPS) is 18.4. The Kier molecular flexibility index (Phi) is 7.28. The van der Waals surface area contributed by atoms with Gasteiger partial charge in [0.1, 0.15) is 6.54 Å². The average molecular weight is 491 g/mol. The van der Waals surface area contributed by atoms with Gasteiger partial charge in [0.05, 0.1) is 15.8 Å². The first-order chi connectivity index (χ1) is 16.2. The summed E-state index contributed by atoms with van der Waals surface area (Å²) in [6.45, 7) is 0.898. The van der Waals surface area contributed by atoms with Crippen molar-refractivity contribution in [3.05, 3.63) is 39.0 Å². The predicted molar refractivity (Wildman–Crippen MR) is 130 cm³/mol. The molecule has 10 heteroatoms. The number of likely N-dealkylation sites (tertiary alicyclic amines) is 1. The molecule has 2 aliphatic rings. The molecule has 2 fully saturated rings. The Balaban J connectivity index is 1.71. The van der Waals surface area contributed by atoms with Crippen molar-refractivity contribution in [2.45, 2.75) is 75.3 Å². The number of rotatable bonds is 5. The summed E-state index contributed by atoms with van der Waals surface area (Å²) in [6.07, 6.45) is 8.71. The average Bonchev–Trinajstić information content (AvgIpc) is 3.14. The van der Waals surface area contributed by atoms with E-state index in [0.717, 1.165) is 62.4 Å². The van der Waals surface area contributed by atoms with E-state index in [2.05, 4.69) is 0 Å². The summed E-state index contributed by atoms with van der Waals surface area (Å²) in [5, 5.41) is 0.115. The van der Waals surface area contributed by atoms with Gasteiger partial charge in [-0.25, -0.2) is 13.2 Å². The third-order valence-electron chi connectivity index (χ3n) is 7.34. The number of aromatic nitrogens is 2. The van der Waals surface area contributed by atoms with E-state index in [1.807, 2.05) is 0 Å². The van der Waals surface area contributed by atoms with E-state index >= 15 is 0 Å². The molecule has 0 radical (unpaired) electrons. The summed E-state index contributed by atoms with van der Waals surface area (Å²) in [5.41, 5.74) is -0.887. The number of carbonyl (C=O) groups excluding carboxylic acids is 1. The van der Waals surface area contributed by atoms with Crippen molar-refractivity contribution in [1.82, 2.24) is 18.3 Å². The minimum absolute atomic E-state index is 0.0224. The molecule has 1 saturated carbocycles. The zero-order valence-electron chi connectivity index (χ0n) is 20.0. The molecule has 0 N–H and O–H groups in total. The van der Waals surface area contributed by atoms with Crippen LogP contribution in [-0.4, -0.2) is 58.8 Å². The lowest BCUT2D eigenvalue weighted by atomic mass is 9.96. The molecule has 1 aliphatic heterocycles. The maximum atomic E-state index is 13.3. The topological polar surface area (TPSA) is 102 Å². The molecule has 1 amide bonds. The van der Waals surface area contributed by atoms with E-state index in [1.165, 1.54) is 34.1 Å². The molecule has 2 aromatic rings. The van der Waals surface area contributed by atoms with Crippen molar-refractivity contribution in [3.63, 3.8) is 0 Å². The molecule has 2 heterocycles. The Labute approximate surface area is 200 Å². The summed E-state index contributed by atoms with van der Waals surface area (Å²) in [5.74, 6) is -0.263. The quantitative estimate of drug-likeness (QED) is 0.639. The van der Waals surface area contributed by atoms with Gasteiger partial charge in [-0.15, -0.1) is 0 Å². The maximum absolute atomic E-state index is 13.3. The van der Waals surface area contributed by atoms with E-state index < -0.39 is 21.3 Å². The fraction of sp³-hybridized carbons (Fsp3) is 0.625. The second-order valence-electron chi connectivity index (χ2n) is 9.52. The number of benzene rings is 1. The highest BCUT2D eigenvalue weighted by molar-refractivity contribution is 7.89. The Morgan fingerprint density at radius 1 is 1.00 bits per heavy atom. The largest absolute Gasteiger partial charge is 0.341 e. The number of amides is 1. The number of hydrogen-bond acceptors (Lipinski definition) is 5. The molecular weight excluding hydrogens is 456 g/mol. The van der Waals surface area contributed by atoms with Crippen LogP contribution in [0.15, 0.2) is 32.7 Å². The Bertz CT molecular complexity index is 1280. The first kappa shape index (κ1) is 24.7. The van der Waals surface area contributed by atoms with Crippen molar-refractivity contribution in [1.29, 1.82) is 0 Å². The van der Waals surface area contributed by atoms with Gasteiger partial charge >= 0.3 is 5.69 Å². The third-order valence-corrected chi connectivity index (χ3v) is 9.25. The molecule has 0 bridgehead atoms. The highest BCUT2D eigenvalue weighted by Crippen LogP contribution is 2.27. The van der Waals surface area contributed by atoms with E-state index in [-0.39, 0.29) is 28.8 Å². The van der Waals surface area contributed by atoms with E-state index in [4.69, 9.17) is 0 Å². The zero-order chi connectivity index (χ0) is 24.5. The molecule has 0 atom stereocenters. The van der Waals surface area contributed by atoms with Gasteiger partial charge < -0.3 is 4.90 Å². The van der Waals surface area contributed by atoms with Crippen LogP contribution in [0.5, 0.6) is 0 Å². The third kappa shape index (κ3) is 4.70. The summed E-state index contributed by atoms with van der Waals surface area (Å²) in [6, 6.07) is 4.24.